The van der Waals surface area contributed by atoms with E-state index in [1.807, 2.05) is 11.8 Å². The Kier molecular flexibility index (Phi) is 4.87. The molecule has 2 aromatic rings. The van der Waals surface area contributed by atoms with Gasteiger partial charge in [0.25, 0.3) is 0 Å². The maximum Gasteiger partial charge on any atom is 0.348 e. The second-order valence-corrected chi connectivity index (χ2v) is 6.74. The number of anilines is 1. The number of nitrogens with two attached hydrogens (primary N) is 1. The fourth-order valence-electron chi connectivity index (χ4n) is 2.91. The number of morpholine rings is 1. The van der Waals surface area contributed by atoms with Gasteiger partial charge in [0.15, 0.2) is 0 Å². The van der Waals surface area contributed by atoms with Crippen LogP contribution in [0, 0.1) is 13.8 Å². The molecule has 1 aliphatic rings. The summed E-state index contributed by atoms with van der Waals surface area (Å²) in [4.78, 5) is 36.1. The van der Waals surface area contributed by atoms with Crippen LogP contribution in [0.1, 0.15) is 28.0 Å². The Morgan fingerprint density at radius 1 is 1.40 bits per heavy atom. The molecule has 1 aliphatic heterocycles. The van der Waals surface area contributed by atoms with Gasteiger partial charge in [-0.3, -0.25) is 4.79 Å². The molecule has 2 aromatic heterocycles. The molecule has 0 bridgehead atoms. The molecule has 0 saturated carbocycles. The van der Waals surface area contributed by atoms with Gasteiger partial charge < -0.3 is 20.1 Å². The standard InChI is InChI=1S/C16H20N4O4S/c1-4-24-16(22)12-8(2)11-14(18-9(3)19-15(11)25-12)20-5-6-23-7-10(20)13(17)21/h10H,4-7H2,1-3H3,(H2,17,21)/t10-/m0/s1. The normalized spacial score (nSPS) is 17.7. The predicted octanol–water partition coefficient (Wildman–Crippen LogP) is 1.18. The van der Waals surface area contributed by atoms with Crippen LogP contribution in [0.4, 0.5) is 5.82 Å². The summed E-state index contributed by atoms with van der Waals surface area (Å²) in [6.45, 7) is 6.87. The van der Waals surface area contributed by atoms with Crippen LogP contribution in [0.5, 0.6) is 0 Å². The molecule has 8 nitrogen and oxygen atoms in total. The third-order valence-electron chi connectivity index (χ3n) is 4.07. The minimum absolute atomic E-state index is 0.216. The zero-order chi connectivity index (χ0) is 18.1. The van der Waals surface area contributed by atoms with E-state index in [2.05, 4.69) is 9.97 Å². The highest BCUT2D eigenvalue weighted by Gasteiger charge is 2.32. The van der Waals surface area contributed by atoms with Crippen molar-refractivity contribution < 1.29 is 19.1 Å². The number of hydrogen-bond acceptors (Lipinski definition) is 8. The number of primary amides is 1. The van der Waals surface area contributed by atoms with Crippen molar-refractivity contribution in [2.24, 2.45) is 5.73 Å². The molecule has 1 fully saturated rings. The quantitative estimate of drug-likeness (QED) is 0.812. The Labute approximate surface area is 148 Å². The van der Waals surface area contributed by atoms with Crippen LogP contribution in [0.25, 0.3) is 10.2 Å². The smallest absolute Gasteiger partial charge is 0.348 e. The first kappa shape index (κ1) is 17.6. The summed E-state index contributed by atoms with van der Waals surface area (Å²) in [6, 6.07) is -0.600. The van der Waals surface area contributed by atoms with Gasteiger partial charge in [-0.25, -0.2) is 14.8 Å². The van der Waals surface area contributed by atoms with Gasteiger partial charge in [-0.1, -0.05) is 0 Å². The Balaban J connectivity index is 2.17. The summed E-state index contributed by atoms with van der Waals surface area (Å²) in [6.07, 6.45) is 0. The van der Waals surface area contributed by atoms with Crippen molar-refractivity contribution >= 4 is 39.2 Å². The van der Waals surface area contributed by atoms with Crippen LogP contribution in [0.15, 0.2) is 0 Å². The van der Waals surface area contributed by atoms with Gasteiger partial charge in [-0.2, -0.15) is 0 Å². The molecule has 0 unspecified atom stereocenters. The van der Waals surface area contributed by atoms with Crippen LogP contribution in [0.3, 0.4) is 0 Å². The second-order valence-electron chi connectivity index (χ2n) is 5.74. The SMILES string of the molecule is CCOC(=O)c1sc2nc(C)nc(N3CCOC[C@H]3C(N)=O)c2c1C. The Morgan fingerprint density at radius 3 is 2.84 bits per heavy atom. The minimum Gasteiger partial charge on any atom is -0.462 e. The molecule has 1 atom stereocenters. The summed E-state index contributed by atoms with van der Waals surface area (Å²) in [7, 11) is 0. The summed E-state index contributed by atoms with van der Waals surface area (Å²) >= 11 is 1.27. The fraction of sp³-hybridized carbons (Fsp3) is 0.500. The molecule has 1 amide bonds. The lowest BCUT2D eigenvalue weighted by Gasteiger charge is -2.35. The van der Waals surface area contributed by atoms with Crippen molar-refractivity contribution in [1.29, 1.82) is 0 Å². The van der Waals surface area contributed by atoms with Crippen molar-refractivity contribution in [1.82, 2.24) is 9.97 Å². The number of aromatic nitrogens is 2. The van der Waals surface area contributed by atoms with Crippen LogP contribution < -0.4 is 10.6 Å². The van der Waals surface area contributed by atoms with Crippen molar-refractivity contribution in [2.75, 3.05) is 31.3 Å². The van der Waals surface area contributed by atoms with Gasteiger partial charge in [0, 0.05) is 6.54 Å². The lowest BCUT2D eigenvalue weighted by molar-refractivity contribution is -0.121. The second kappa shape index (κ2) is 6.93. The van der Waals surface area contributed by atoms with Crippen molar-refractivity contribution in [2.45, 2.75) is 26.8 Å². The van der Waals surface area contributed by atoms with Crippen LogP contribution in [0.2, 0.25) is 0 Å². The molecule has 0 radical (unpaired) electrons. The number of amides is 1. The van der Waals surface area contributed by atoms with E-state index in [-0.39, 0.29) is 12.6 Å². The van der Waals surface area contributed by atoms with E-state index in [0.717, 1.165) is 10.9 Å². The molecule has 0 spiro atoms. The third kappa shape index (κ3) is 3.16. The minimum atomic E-state index is -0.600. The number of thiophene rings is 1. The topological polar surface area (TPSA) is 108 Å². The molecule has 0 aliphatic carbocycles. The maximum absolute atomic E-state index is 12.2. The first-order valence-corrected chi connectivity index (χ1v) is 8.84. The number of nitrogens with zero attached hydrogens (tertiary/aromatic N) is 3. The van der Waals surface area contributed by atoms with Crippen LogP contribution in [-0.2, 0) is 14.3 Å². The zero-order valence-electron chi connectivity index (χ0n) is 14.4. The molecule has 3 rings (SSSR count). The Bertz CT molecular complexity index is 835. The van der Waals surface area contributed by atoms with Crippen LogP contribution in [-0.4, -0.2) is 54.3 Å². The molecule has 1 saturated heterocycles. The third-order valence-corrected chi connectivity index (χ3v) is 5.24. The number of hydrogen-bond donors (Lipinski definition) is 1. The van der Waals surface area contributed by atoms with E-state index in [1.165, 1.54) is 11.3 Å². The summed E-state index contributed by atoms with van der Waals surface area (Å²) in [5.41, 5.74) is 6.29. The number of carbonyl (C=O) groups is 2. The molecule has 25 heavy (non-hydrogen) atoms. The number of ether oxygens (including phenoxy) is 2. The van der Waals surface area contributed by atoms with Crippen LogP contribution >= 0.6 is 11.3 Å². The largest absolute Gasteiger partial charge is 0.462 e. The van der Waals surface area contributed by atoms with Crippen molar-refractivity contribution in [3.63, 3.8) is 0 Å². The van der Waals surface area contributed by atoms with Gasteiger partial charge in [-0.05, 0) is 26.3 Å². The number of carbonyl (C=O) groups excluding carboxylic acids is 2. The van der Waals surface area contributed by atoms with Gasteiger partial charge in [0.1, 0.15) is 27.4 Å². The molecule has 0 aromatic carbocycles. The first-order valence-electron chi connectivity index (χ1n) is 8.02. The molecule has 2 N–H and O–H groups in total. The monoisotopic (exact) mass is 364 g/mol. The predicted molar refractivity (Wildman–Crippen MR) is 94.0 cm³/mol. The number of esters is 1. The average Bonchev–Trinajstić information content (AvgIpc) is 2.91. The zero-order valence-corrected chi connectivity index (χ0v) is 15.2. The summed E-state index contributed by atoms with van der Waals surface area (Å²) in [5.74, 6) is 0.329. The lowest BCUT2D eigenvalue weighted by atomic mass is 10.1. The highest BCUT2D eigenvalue weighted by Crippen LogP contribution is 2.36. The number of fused-ring (bicyclic) bond motifs is 1. The molecular formula is C16H20N4O4S. The Hall–Kier alpha value is -2.26. The fourth-order valence-corrected chi connectivity index (χ4v) is 4.03. The van der Waals surface area contributed by atoms with Gasteiger partial charge >= 0.3 is 5.97 Å². The van der Waals surface area contributed by atoms with E-state index in [1.54, 1.807) is 13.8 Å². The highest BCUT2D eigenvalue weighted by atomic mass is 32.1. The van der Waals surface area contributed by atoms with E-state index in [0.29, 0.717) is 41.1 Å². The van der Waals surface area contributed by atoms with E-state index in [4.69, 9.17) is 15.2 Å². The van der Waals surface area contributed by atoms with E-state index < -0.39 is 11.9 Å². The lowest BCUT2D eigenvalue weighted by Crippen LogP contribution is -2.53. The van der Waals surface area contributed by atoms with E-state index >= 15 is 0 Å². The highest BCUT2D eigenvalue weighted by molar-refractivity contribution is 7.20. The molecule has 134 valence electrons. The van der Waals surface area contributed by atoms with Gasteiger partial charge in [0.05, 0.1) is 25.2 Å². The van der Waals surface area contributed by atoms with Gasteiger partial charge in [0.2, 0.25) is 5.91 Å². The number of rotatable bonds is 4. The summed E-state index contributed by atoms with van der Waals surface area (Å²) < 4.78 is 10.5. The Morgan fingerprint density at radius 2 is 2.16 bits per heavy atom. The first-order chi connectivity index (χ1) is 11.9. The molecular weight excluding hydrogens is 344 g/mol. The average molecular weight is 364 g/mol. The van der Waals surface area contributed by atoms with E-state index in [9.17, 15) is 9.59 Å². The van der Waals surface area contributed by atoms with Gasteiger partial charge in [-0.15, -0.1) is 11.3 Å². The van der Waals surface area contributed by atoms with Crippen molar-refractivity contribution in [3.8, 4) is 0 Å². The summed E-state index contributed by atoms with van der Waals surface area (Å²) in [5, 5.41) is 0.756. The number of aryl methyl sites for hydroxylation is 2. The van der Waals surface area contributed by atoms with Crippen molar-refractivity contribution in [3.05, 3.63) is 16.3 Å². The maximum atomic E-state index is 12.2. The molecule has 9 heteroatoms. The molecule has 3 heterocycles.